The highest BCUT2D eigenvalue weighted by Gasteiger charge is 2.17. The van der Waals surface area contributed by atoms with Crippen molar-refractivity contribution in [2.45, 2.75) is 38.6 Å². The Morgan fingerprint density at radius 3 is 2.76 bits per heavy atom. The maximum atomic E-state index is 5.97. The van der Waals surface area contributed by atoms with E-state index in [1.165, 1.54) is 25.7 Å². The molecule has 2 rings (SSSR count). The van der Waals surface area contributed by atoms with E-state index in [1.807, 2.05) is 19.1 Å². The molecule has 0 unspecified atom stereocenters. The molecule has 0 amide bonds. The average Bonchev–Trinajstić information content (AvgIpc) is 2.80. The molecule has 1 aliphatic carbocycles. The highest BCUT2D eigenvalue weighted by atomic mass is 79.9. The van der Waals surface area contributed by atoms with E-state index in [1.54, 1.807) is 0 Å². The minimum absolute atomic E-state index is 0.00563. The molecule has 1 saturated carbocycles. The van der Waals surface area contributed by atoms with Crippen molar-refractivity contribution in [1.29, 1.82) is 0 Å². The molecular weight excluding hydrogens is 278 g/mol. The van der Waals surface area contributed by atoms with Gasteiger partial charge in [-0.15, -0.1) is 0 Å². The van der Waals surface area contributed by atoms with Gasteiger partial charge in [-0.1, -0.05) is 28.8 Å². The topological polar surface area (TPSA) is 35.2 Å². The number of hydrogen-bond donors (Lipinski definition) is 1. The largest absolute Gasteiger partial charge is 0.493 e. The van der Waals surface area contributed by atoms with Gasteiger partial charge in [-0.3, -0.25) is 0 Å². The lowest BCUT2D eigenvalue weighted by atomic mass is 10.1. The van der Waals surface area contributed by atoms with Crippen molar-refractivity contribution >= 4 is 15.9 Å². The van der Waals surface area contributed by atoms with E-state index in [0.717, 1.165) is 28.3 Å². The molecule has 1 aliphatic rings. The molecule has 94 valence electrons. The van der Waals surface area contributed by atoms with Crippen molar-refractivity contribution in [2.24, 2.45) is 11.7 Å². The second kappa shape index (κ2) is 5.87. The Hall–Kier alpha value is -0.540. The lowest BCUT2D eigenvalue weighted by Crippen LogP contribution is -2.12. The SMILES string of the molecule is C[C@@H](N)c1cc(Br)ccc1OCC1CCCC1. The minimum Gasteiger partial charge on any atom is -0.493 e. The lowest BCUT2D eigenvalue weighted by molar-refractivity contribution is 0.249. The third-order valence-corrected chi connectivity index (χ3v) is 3.90. The molecule has 0 heterocycles. The van der Waals surface area contributed by atoms with Crippen molar-refractivity contribution in [2.75, 3.05) is 6.61 Å². The van der Waals surface area contributed by atoms with Crippen LogP contribution in [0.1, 0.15) is 44.2 Å². The number of nitrogens with two attached hydrogens (primary N) is 1. The van der Waals surface area contributed by atoms with Crippen molar-refractivity contribution < 1.29 is 4.74 Å². The molecular formula is C14H20BrNO. The standard InChI is InChI=1S/C14H20BrNO/c1-10(16)13-8-12(15)6-7-14(13)17-9-11-4-2-3-5-11/h6-8,10-11H,2-5,9,16H2,1H3/t10-/m1/s1. The summed E-state index contributed by atoms with van der Waals surface area (Å²) in [6.45, 7) is 2.82. The van der Waals surface area contributed by atoms with Gasteiger partial charge >= 0.3 is 0 Å². The highest BCUT2D eigenvalue weighted by molar-refractivity contribution is 9.10. The first-order valence-electron chi connectivity index (χ1n) is 6.34. The zero-order valence-electron chi connectivity index (χ0n) is 10.3. The predicted molar refractivity (Wildman–Crippen MR) is 74.2 cm³/mol. The molecule has 3 heteroatoms. The number of benzene rings is 1. The molecule has 0 radical (unpaired) electrons. The van der Waals surface area contributed by atoms with Crippen molar-refractivity contribution in [3.8, 4) is 5.75 Å². The third-order valence-electron chi connectivity index (χ3n) is 3.41. The van der Waals surface area contributed by atoms with E-state index in [0.29, 0.717) is 0 Å². The fraction of sp³-hybridized carbons (Fsp3) is 0.571. The van der Waals surface area contributed by atoms with E-state index in [-0.39, 0.29) is 6.04 Å². The Kier molecular flexibility index (Phi) is 4.46. The first kappa shape index (κ1) is 12.9. The van der Waals surface area contributed by atoms with Crippen LogP contribution in [0.2, 0.25) is 0 Å². The van der Waals surface area contributed by atoms with Gasteiger partial charge in [-0.05, 0) is 43.9 Å². The maximum absolute atomic E-state index is 5.97. The number of rotatable bonds is 4. The molecule has 1 fully saturated rings. The second-order valence-electron chi connectivity index (χ2n) is 4.93. The average molecular weight is 298 g/mol. The Morgan fingerprint density at radius 1 is 1.41 bits per heavy atom. The molecule has 2 N–H and O–H groups in total. The summed E-state index contributed by atoms with van der Waals surface area (Å²) < 4.78 is 6.99. The Balaban J connectivity index is 2.03. The summed E-state index contributed by atoms with van der Waals surface area (Å²) in [7, 11) is 0. The van der Waals surface area contributed by atoms with Gasteiger partial charge in [0.25, 0.3) is 0 Å². The minimum atomic E-state index is 0.00563. The van der Waals surface area contributed by atoms with Crippen LogP contribution in [0.5, 0.6) is 5.75 Å². The monoisotopic (exact) mass is 297 g/mol. The van der Waals surface area contributed by atoms with Gasteiger partial charge in [0.1, 0.15) is 5.75 Å². The molecule has 0 aromatic heterocycles. The zero-order valence-corrected chi connectivity index (χ0v) is 11.9. The van der Waals surface area contributed by atoms with Gasteiger partial charge in [-0.25, -0.2) is 0 Å². The van der Waals surface area contributed by atoms with Gasteiger partial charge in [0.2, 0.25) is 0 Å². The van der Waals surface area contributed by atoms with Gasteiger partial charge in [0.15, 0.2) is 0 Å². The molecule has 0 saturated heterocycles. The Labute approximate surface area is 112 Å². The van der Waals surface area contributed by atoms with E-state index in [2.05, 4.69) is 22.0 Å². The van der Waals surface area contributed by atoms with Crippen LogP contribution in [-0.4, -0.2) is 6.61 Å². The van der Waals surface area contributed by atoms with Gasteiger partial charge in [-0.2, -0.15) is 0 Å². The van der Waals surface area contributed by atoms with Crippen LogP contribution in [0, 0.1) is 5.92 Å². The molecule has 2 nitrogen and oxygen atoms in total. The summed E-state index contributed by atoms with van der Waals surface area (Å²) >= 11 is 3.47. The van der Waals surface area contributed by atoms with Crippen LogP contribution in [-0.2, 0) is 0 Å². The third kappa shape index (κ3) is 3.46. The van der Waals surface area contributed by atoms with Crippen LogP contribution in [0.4, 0.5) is 0 Å². The van der Waals surface area contributed by atoms with Crippen LogP contribution < -0.4 is 10.5 Å². The van der Waals surface area contributed by atoms with E-state index < -0.39 is 0 Å². The lowest BCUT2D eigenvalue weighted by Gasteiger charge is -2.16. The van der Waals surface area contributed by atoms with Gasteiger partial charge < -0.3 is 10.5 Å². The fourth-order valence-corrected chi connectivity index (χ4v) is 2.77. The summed E-state index contributed by atoms with van der Waals surface area (Å²) in [6, 6.07) is 6.08. The summed E-state index contributed by atoms with van der Waals surface area (Å²) in [5, 5.41) is 0. The van der Waals surface area contributed by atoms with E-state index in [9.17, 15) is 0 Å². The van der Waals surface area contributed by atoms with Crippen LogP contribution in [0.15, 0.2) is 22.7 Å². The van der Waals surface area contributed by atoms with Crippen molar-refractivity contribution in [3.63, 3.8) is 0 Å². The summed E-state index contributed by atoms with van der Waals surface area (Å²) in [6.07, 6.45) is 5.33. The zero-order chi connectivity index (χ0) is 12.3. The smallest absolute Gasteiger partial charge is 0.124 e. The van der Waals surface area contributed by atoms with Gasteiger partial charge in [0.05, 0.1) is 6.61 Å². The maximum Gasteiger partial charge on any atom is 0.124 e. The normalized spacial score (nSPS) is 18.3. The summed E-state index contributed by atoms with van der Waals surface area (Å²) in [5.41, 5.74) is 7.05. The van der Waals surface area contributed by atoms with Crippen molar-refractivity contribution in [1.82, 2.24) is 0 Å². The number of ether oxygens (including phenoxy) is 1. The quantitative estimate of drug-likeness (QED) is 0.910. The second-order valence-corrected chi connectivity index (χ2v) is 5.85. The molecule has 0 aliphatic heterocycles. The first-order chi connectivity index (χ1) is 8.16. The highest BCUT2D eigenvalue weighted by Crippen LogP contribution is 2.30. The number of hydrogen-bond acceptors (Lipinski definition) is 2. The Bertz CT molecular complexity index is 372. The Morgan fingerprint density at radius 2 is 2.12 bits per heavy atom. The van der Waals surface area contributed by atoms with Crippen molar-refractivity contribution in [3.05, 3.63) is 28.2 Å². The van der Waals surface area contributed by atoms with Crippen LogP contribution in [0.3, 0.4) is 0 Å². The van der Waals surface area contributed by atoms with Crippen LogP contribution in [0.25, 0.3) is 0 Å². The molecule has 0 spiro atoms. The van der Waals surface area contributed by atoms with E-state index in [4.69, 9.17) is 10.5 Å². The summed E-state index contributed by atoms with van der Waals surface area (Å²) in [4.78, 5) is 0. The molecule has 0 bridgehead atoms. The first-order valence-corrected chi connectivity index (χ1v) is 7.14. The van der Waals surface area contributed by atoms with Gasteiger partial charge in [0, 0.05) is 16.1 Å². The van der Waals surface area contributed by atoms with Crippen LogP contribution >= 0.6 is 15.9 Å². The molecule has 1 atom stereocenters. The molecule has 1 aromatic rings. The predicted octanol–water partition coefficient (Wildman–Crippen LogP) is 4.04. The fourth-order valence-electron chi connectivity index (χ4n) is 2.39. The van der Waals surface area contributed by atoms with E-state index >= 15 is 0 Å². The summed E-state index contributed by atoms with van der Waals surface area (Å²) in [5.74, 6) is 1.68. The number of halogens is 1. The molecule has 1 aromatic carbocycles. The molecule has 17 heavy (non-hydrogen) atoms.